The van der Waals surface area contributed by atoms with Crippen molar-refractivity contribution < 1.29 is 14.7 Å². The van der Waals surface area contributed by atoms with Gasteiger partial charge in [-0.2, -0.15) is 0 Å². The van der Waals surface area contributed by atoms with Crippen LogP contribution in [0, 0.1) is 0 Å². The molecule has 5 heteroatoms. The first-order valence-electron chi connectivity index (χ1n) is 5.01. The monoisotopic (exact) mass is 216 g/mol. The normalized spacial score (nSPS) is 13.4. The average Bonchev–Trinajstić information content (AvgIpc) is 2.01. The third kappa shape index (κ3) is 3.87. The Morgan fingerprint density at radius 3 is 2.20 bits per heavy atom. The molecule has 0 aromatic rings. The maximum atomic E-state index is 11.7. The molecule has 0 aromatic carbocycles. The standard InChI is InChI=1S/C10H20N2O3/c1-5-12(9(15)7(2)11)10(3,4)6-8(13)14/h7H,5-6,11H2,1-4H3,(H,13,14)/t7-/m0/s1. The molecule has 0 aromatic heterocycles. The number of likely N-dealkylation sites (N-methyl/N-ethyl adjacent to an activating group) is 1. The molecule has 0 rings (SSSR count). The Morgan fingerprint density at radius 2 is 1.93 bits per heavy atom. The van der Waals surface area contributed by atoms with E-state index in [1.807, 2.05) is 6.92 Å². The Bertz CT molecular complexity index is 249. The predicted octanol–water partition coefficient (Wildman–Crippen LogP) is 0.435. The summed E-state index contributed by atoms with van der Waals surface area (Å²) in [4.78, 5) is 23.9. The molecule has 15 heavy (non-hydrogen) atoms. The lowest BCUT2D eigenvalue weighted by Gasteiger charge is -2.38. The molecule has 0 aliphatic rings. The summed E-state index contributed by atoms with van der Waals surface area (Å²) in [5, 5.41) is 8.74. The molecule has 0 spiro atoms. The van der Waals surface area contributed by atoms with Gasteiger partial charge in [-0.05, 0) is 27.7 Å². The molecule has 0 radical (unpaired) electrons. The number of rotatable bonds is 5. The second-order valence-corrected chi connectivity index (χ2v) is 4.25. The third-order valence-corrected chi connectivity index (χ3v) is 2.29. The molecule has 3 N–H and O–H groups in total. The zero-order valence-corrected chi connectivity index (χ0v) is 9.78. The van der Waals surface area contributed by atoms with Crippen LogP contribution in [-0.4, -0.2) is 40.0 Å². The topological polar surface area (TPSA) is 83.6 Å². The first-order chi connectivity index (χ1) is 6.72. The average molecular weight is 216 g/mol. The van der Waals surface area contributed by atoms with Gasteiger partial charge in [0.05, 0.1) is 12.5 Å². The number of hydrogen-bond acceptors (Lipinski definition) is 3. The molecule has 88 valence electrons. The fourth-order valence-corrected chi connectivity index (χ4v) is 1.59. The molecule has 0 saturated heterocycles. The van der Waals surface area contributed by atoms with Crippen LogP contribution in [0.3, 0.4) is 0 Å². The van der Waals surface area contributed by atoms with Gasteiger partial charge in [0.25, 0.3) is 0 Å². The number of amides is 1. The Labute approximate surface area is 90.2 Å². The van der Waals surface area contributed by atoms with Crippen molar-refractivity contribution in [3.8, 4) is 0 Å². The number of carboxylic acid groups (broad SMARTS) is 1. The molecule has 0 aliphatic carbocycles. The van der Waals surface area contributed by atoms with Crippen LogP contribution in [0.2, 0.25) is 0 Å². The van der Waals surface area contributed by atoms with Crippen molar-refractivity contribution in [2.45, 2.75) is 45.7 Å². The van der Waals surface area contributed by atoms with Crippen molar-refractivity contribution >= 4 is 11.9 Å². The highest BCUT2D eigenvalue weighted by Crippen LogP contribution is 2.19. The zero-order valence-electron chi connectivity index (χ0n) is 9.78. The van der Waals surface area contributed by atoms with E-state index in [1.54, 1.807) is 20.8 Å². The first kappa shape index (κ1) is 13.9. The summed E-state index contributed by atoms with van der Waals surface area (Å²) in [6.07, 6.45) is -0.0840. The van der Waals surface area contributed by atoms with Gasteiger partial charge in [-0.3, -0.25) is 9.59 Å². The van der Waals surface area contributed by atoms with E-state index in [1.165, 1.54) is 4.90 Å². The highest BCUT2D eigenvalue weighted by atomic mass is 16.4. The van der Waals surface area contributed by atoms with E-state index >= 15 is 0 Å². The molecule has 0 fully saturated rings. The van der Waals surface area contributed by atoms with Crippen LogP contribution in [0.25, 0.3) is 0 Å². The van der Waals surface area contributed by atoms with Crippen molar-refractivity contribution in [3.05, 3.63) is 0 Å². The molecule has 0 heterocycles. The lowest BCUT2D eigenvalue weighted by Crippen LogP contribution is -2.53. The molecule has 0 bridgehead atoms. The SMILES string of the molecule is CCN(C(=O)[C@H](C)N)C(C)(C)CC(=O)O. The first-order valence-corrected chi connectivity index (χ1v) is 5.01. The van der Waals surface area contributed by atoms with Crippen LogP contribution in [0.1, 0.15) is 34.1 Å². The van der Waals surface area contributed by atoms with Gasteiger partial charge in [0, 0.05) is 12.1 Å². The van der Waals surface area contributed by atoms with Crippen molar-refractivity contribution in [2.24, 2.45) is 5.73 Å². The van der Waals surface area contributed by atoms with Crippen molar-refractivity contribution in [3.63, 3.8) is 0 Å². The highest BCUT2D eigenvalue weighted by molar-refractivity contribution is 5.82. The summed E-state index contributed by atoms with van der Waals surface area (Å²) >= 11 is 0. The number of carboxylic acids is 1. The van der Waals surface area contributed by atoms with Crippen LogP contribution in [0.4, 0.5) is 0 Å². The molecular weight excluding hydrogens is 196 g/mol. The van der Waals surface area contributed by atoms with Crippen molar-refractivity contribution in [2.75, 3.05) is 6.54 Å². The minimum Gasteiger partial charge on any atom is -0.481 e. The summed E-state index contributed by atoms with van der Waals surface area (Å²) < 4.78 is 0. The number of nitrogens with two attached hydrogens (primary N) is 1. The van der Waals surface area contributed by atoms with Crippen LogP contribution < -0.4 is 5.73 Å². The van der Waals surface area contributed by atoms with E-state index < -0.39 is 17.6 Å². The summed E-state index contributed by atoms with van der Waals surface area (Å²) in [5.74, 6) is -1.14. The maximum absolute atomic E-state index is 11.7. The second-order valence-electron chi connectivity index (χ2n) is 4.25. The number of carbonyl (C=O) groups is 2. The fourth-order valence-electron chi connectivity index (χ4n) is 1.59. The lowest BCUT2D eigenvalue weighted by molar-refractivity contribution is -0.144. The Hall–Kier alpha value is -1.10. The Kier molecular flexibility index (Phi) is 4.74. The molecule has 1 atom stereocenters. The van der Waals surface area contributed by atoms with Crippen molar-refractivity contribution in [1.82, 2.24) is 4.90 Å². The van der Waals surface area contributed by atoms with Crippen LogP contribution in [-0.2, 0) is 9.59 Å². The summed E-state index contributed by atoms with van der Waals surface area (Å²) in [7, 11) is 0. The molecule has 0 saturated carbocycles. The van der Waals surface area contributed by atoms with E-state index in [0.717, 1.165) is 0 Å². The number of nitrogens with zero attached hydrogens (tertiary/aromatic N) is 1. The number of hydrogen-bond donors (Lipinski definition) is 2. The molecule has 0 aliphatic heterocycles. The van der Waals surface area contributed by atoms with E-state index in [4.69, 9.17) is 10.8 Å². The van der Waals surface area contributed by atoms with Crippen molar-refractivity contribution in [1.29, 1.82) is 0 Å². The van der Waals surface area contributed by atoms with Gasteiger partial charge >= 0.3 is 5.97 Å². The quantitative estimate of drug-likeness (QED) is 0.698. The van der Waals surface area contributed by atoms with E-state index in [9.17, 15) is 9.59 Å². The molecular formula is C10H20N2O3. The van der Waals surface area contributed by atoms with Gasteiger partial charge < -0.3 is 15.7 Å². The van der Waals surface area contributed by atoms with Gasteiger partial charge in [0.15, 0.2) is 0 Å². The summed E-state index contributed by atoms with van der Waals surface area (Å²) in [6.45, 7) is 7.32. The van der Waals surface area contributed by atoms with E-state index in [-0.39, 0.29) is 12.3 Å². The van der Waals surface area contributed by atoms with E-state index in [0.29, 0.717) is 6.54 Å². The third-order valence-electron chi connectivity index (χ3n) is 2.29. The van der Waals surface area contributed by atoms with Gasteiger partial charge in [-0.1, -0.05) is 0 Å². The van der Waals surface area contributed by atoms with Crippen LogP contribution >= 0.6 is 0 Å². The van der Waals surface area contributed by atoms with Gasteiger partial charge in [-0.25, -0.2) is 0 Å². The van der Waals surface area contributed by atoms with Gasteiger partial charge in [-0.15, -0.1) is 0 Å². The zero-order chi connectivity index (χ0) is 12.2. The summed E-state index contributed by atoms with van der Waals surface area (Å²) in [5.41, 5.74) is 4.80. The molecule has 1 amide bonds. The largest absolute Gasteiger partial charge is 0.481 e. The van der Waals surface area contributed by atoms with Gasteiger partial charge in [0.2, 0.25) is 5.91 Å². The molecule has 0 unspecified atom stereocenters. The maximum Gasteiger partial charge on any atom is 0.305 e. The summed E-state index contributed by atoms with van der Waals surface area (Å²) in [6, 6.07) is -0.599. The van der Waals surface area contributed by atoms with E-state index in [2.05, 4.69) is 0 Å². The lowest BCUT2D eigenvalue weighted by atomic mass is 9.97. The predicted molar refractivity (Wildman–Crippen MR) is 57.4 cm³/mol. The second kappa shape index (κ2) is 5.11. The smallest absolute Gasteiger partial charge is 0.305 e. The molecule has 5 nitrogen and oxygen atoms in total. The van der Waals surface area contributed by atoms with Gasteiger partial charge in [0.1, 0.15) is 0 Å². The minimum atomic E-state index is -0.920. The van der Waals surface area contributed by atoms with Crippen LogP contribution in [0.5, 0.6) is 0 Å². The number of aliphatic carboxylic acids is 1. The highest BCUT2D eigenvalue weighted by Gasteiger charge is 2.33. The fraction of sp³-hybridized carbons (Fsp3) is 0.800. The van der Waals surface area contributed by atoms with Crippen LogP contribution in [0.15, 0.2) is 0 Å². The number of carbonyl (C=O) groups excluding carboxylic acids is 1. The Balaban J connectivity index is 4.79. The Morgan fingerprint density at radius 1 is 1.47 bits per heavy atom. The minimum absolute atomic E-state index is 0.0840.